The van der Waals surface area contributed by atoms with Crippen molar-refractivity contribution in [2.24, 2.45) is 0 Å². The van der Waals surface area contributed by atoms with Crippen LogP contribution in [0.3, 0.4) is 0 Å². The van der Waals surface area contributed by atoms with E-state index in [1.165, 1.54) is 0 Å². The molecule has 26 heavy (non-hydrogen) atoms. The summed E-state index contributed by atoms with van der Waals surface area (Å²) in [5.74, 6) is 0.406. The molecule has 0 bridgehead atoms. The van der Waals surface area contributed by atoms with E-state index < -0.39 is 0 Å². The van der Waals surface area contributed by atoms with E-state index in [-0.39, 0.29) is 12.5 Å². The van der Waals surface area contributed by atoms with Gasteiger partial charge in [0.15, 0.2) is 6.61 Å². The second-order valence-electron chi connectivity index (χ2n) is 5.89. The quantitative estimate of drug-likeness (QED) is 0.698. The summed E-state index contributed by atoms with van der Waals surface area (Å²) >= 11 is 0. The number of hydrogen-bond donors (Lipinski definition) is 1. The van der Waals surface area contributed by atoms with Crippen LogP contribution in [-0.2, 0) is 4.79 Å². The van der Waals surface area contributed by atoms with E-state index in [0.29, 0.717) is 5.75 Å². The molecule has 134 valence electrons. The van der Waals surface area contributed by atoms with Crippen LogP contribution < -0.4 is 15.0 Å². The van der Waals surface area contributed by atoms with Crippen LogP contribution in [0.1, 0.15) is 13.8 Å². The largest absolute Gasteiger partial charge is 0.481 e. The molecule has 0 saturated heterocycles. The van der Waals surface area contributed by atoms with E-state index in [9.17, 15) is 4.79 Å². The van der Waals surface area contributed by atoms with Gasteiger partial charge < -0.3 is 15.0 Å². The normalized spacial score (nSPS) is 10.5. The van der Waals surface area contributed by atoms with E-state index in [2.05, 4.69) is 29.0 Å². The molecule has 0 atom stereocenters. The van der Waals surface area contributed by atoms with Gasteiger partial charge in [-0.15, -0.1) is 0 Å². The van der Waals surface area contributed by atoms with Gasteiger partial charge in [-0.3, -0.25) is 9.78 Å². The lowest BCUT2D eigenvalue weighted by Gasteiger charge is -2.21. The van der Waals surface area contributed by atoms with E-state index in [4.69, 9.17) is 4.74 Å². The fourth-order valence-electron chi connectivity index (χ4n) is 2.88. The molecule has 0 aliphatic carbocycles. The summed E-state index contributed by atoms with van der Waals surface area (Å²) < 4.78 is 5.67. The average Bonchev–Trinajstić information content (AvgIpc) is 2.68. The number of nitrogens with one attached hydrogen (secondary N) is 1. The van der Waals surface area contributed by atoms with E-state index in [1.54, 1.807) is 6.20 Å². The number of fused-ring (bicyclic) bond motifs is 1. The topological polar surface area (TPSA) is 54.5 Å². The lowest BCUT2D eigenvalue weighted by atomic mass is 10.2. The monoisotopic (exact) mass is 349 g/mol. The zero-order chi connectivity index (χ0) is 18.4. The molecular weight excluding hydrogens is 326 g/mol. The summed E-state index contributed by atoms with van der Waals surface area (Å²) in [5, 5.41) is 3.84. The highest BCUT2D eigenvalue weighted by Crippen LogP contribution is 2.23. The number of hydrogen-bond acceptors (Lipinski definition) is 4. The Morgan fingerprint density at radius 2 is 1.77 bits per heavy atom. The second kappa shape index (κ2) is 8.34. The number of amides is 1. The van der Waals surface area contributed by atoms with Gasteiger partial charge >= 0.3 is 0 Å². The molecule has 0 unspecified atom stereocenters. The summed E-state index contributed by atoms with van der Waals surface area (Å²) in [6.45, 7) is 6.09. The fraction of sp³-hybridized carbons (Fsp3) is 0.238. The lowest BCUT2D eigenvalue weighted by Crippen LogP contribution is -2.22. The average molecular weight is 349 g/mol. The molecule has 1 heterocycles. The van der Waals surface area contributed by atoms with Crippen molar-refractivity contribution in [2.45, 2.75) is 13.8 Å². The van der Waals surface area contributed by atoms with Crippen LogP contribution in [0.15, 0.2) is 60.8 Å². The Morgan fingerprint density at radius 3 is 2.50 bits per heavy atom. The number of para-hydroxylation sites is 1. The first-order chi connectivity index (χ1) is 12.7. The predicted molar refractivity (Wildman–Crippen MR) is 106 cm³/mol. The van der Waals surface area contributed by atoms with Crippen molar-refractivity contribution in [3.63, 3.8) is 0 Å². The Hall–Kier alpha value is -3.08. The second-order valence-corrected chi connectivity index (χ2v) is 5.89. The zero-order valence-corrected chi connectivity index (χ0v) is 15.1. The SMILES string of the molecule is CCN(CC)c1ccc(NC(=O)COc2cccc3cccnc23)cc1. The molecule has 0 fully saturated rings. The minimum Gasteiger partial charge on any atom is -0.481 e. The van der Waals surface area contributed by atoms with Gasteiger partial charge in [0.05, 0.1) is 0 Å². The number of nitrogens with zero attached hydrogens (tertiary/aromatic N) is 2. The minimum absolute atomic E-state index is 0.0620. The van der Waals surface area contributed by atoms with Gasteiger partial charge in [-0.1, -0.05) is 18.2 Å². The molecule has 1 N–H and O–H groups in total. The third kappa shape index (κ3) is 4.11. The Balaban J connectivity index is 1.60. The maximum atomic E-state index is 12.2. The van der Waals surface area contributed by atoms with Gasteiger partial charge in [0, 0.05) is 36.0 Å². The first-order valence-electron chi connectivity index (χ1n) is 8.82. The summed E-state index contributed by atoms with van der Waals surface area (Å²) in [6.07, 6.45) is 1.71. The van der Waals surface area contributed by atoms with Crippen LogP contribution in [0.5, 0.6) is 5.75 Å². The number of ether oxygens (including phenoxy) is 1. The maximum absolute atomic E-state index is 12.2. The summed E-state index contributed by atoms with van der Waals surface area (Å²) in [6, 6.07) is 17.4. The van der Waals surface area contributed by atoms with Crippen LogP contribution in [0, 0.1) is 0 Å². The van der Waals surface area contributed by atoms with E-state index in [1.807, 2.05) is 54.6 Å². The van der Waals surface area contributed by atoms with Crippen LogP contribution in [0.25, 0.3) is 10.9 Å². The lowest BCUT2D eigenvalue weighted by molar-refractivity contribution is -0.118. The molecule has 1 aromatic heterocycles. The van der Waals surface area contributed by atoms with Gasteiger partial charge in [-0.2, -0.15) is 0 Å². The third-order valence-electron chi connectivity index (χ3n) is 4.23. The molecule has 5 nitrogen and oxygen atoms in total. The van der Waals surface area contributed by atoms with Crippen molar-refractivity contribution in [1.29, 1.82) is 0 Å². The fourth-order valence-corrected chi connectivity index (χ4v) is 2.88. The molecule has 3 aromatic rings. The van der Waals surface area contributed by atoms with Crippen LogP contribution >= 0.6 is 0 Å². The first kappa shape index (κ1) is 17.7. The van der Waals surface area contributed by atoms with Crippen molar-refractivity contribution < 1.29 is 9.53 Å². The van der Waals surface area contributed by atoms with E-state index in [0.717, 1.165) is 35.4 Å². The van der Waals surface area contributed by atoms with Crippen LogP contribution in [-0.4, -0.2) is 30.6 Å². The Bertz CT molecular complexity index is 869. The van der Waals surface area contributed by atoms with Gasteiger partial charge in [0.25, 0.3) is 5.91 Å². The minimum atomic E-state index is -0.200. The molecule has 0 aliphatic rings. The van der Waals surface area contributed by atoms with Crippen LogP contribution in [0.4, 0.5) is 11.4 Å². The molecule has 1 amide bonds. The maximum Gasteiger partial charge on any atom is 0.262 e. The zero-order valence-electron chi connectivity index (χ0n) is 15.1. The highest BCUT2D eigenvalue weighted by molar-refractivity contribution is 5.92. The van der Waals surface area contributed by atoms with Crippen molar-refractivity contribution in [1.82, 2.24) is 4.98 Å². The van der Waals surface area contributed by atoms with Crippen LogP contribution in [0.2, 0.25) is 0 Å². The molecule has 0 aliphatic heterocycles. The van der Waals surface area contributed by atoms with Gasteiger partial charge in [0.1, 0.15) is 11.3 Å². The summed E-state index contributed by atoms with van der Waals surface area (Å²) in [7, 11) is 0. The smallest absolute Gasteiger partial charge is 0.262 e. The standard InChI is InChI=1S/C21H23N3O2/c1-3-24(4-2)18-12-10-17(11-13-18)23-20(25)15-26-19-9-5-7-16-8-6-14-22-21(16)19/h5-14H,3-4,15H2,1-2H3,(H,23,25). The Morgan fingerprint density at radius 1 is 1.04 bits per heavy atom. The van der Waals surface area contributed by atoms with Crippen molar-refractivity contribution in [2.75, 3.05) is 29.9 Å². The number of anilines is 2. The van der Waals surface area contributed by atoms with Crippen molar-refractivity contribution in [3.05, 3.63) is 60.8 Å². The molecule has 3 rings (SSSR count). The molecule has 5 heteroatoms. The third-order valence-corrected chi connectivity index (χ3v) is 4.23. The van der Waals surface area contributed by atoms with Gasteiger partial charge in [-0.05, 0) is 50.2 Å². The predicted octanol–water partition coefficient (Wildman–Crippen LogP) is 4.10. The summed E-state index contributed by atoms with van der Waals surface area (Å²) in [5.41, 5.74) is 2.66. The number of carbonyl (C=O) groups excluding carboxylic acids is 1. The molecule has 0 saturated carbocycles. The van der Waals surface area contributed by atoms with Crippen molar-refractivity contribution >= 4 is 28.2 Å². The molecule has 0 radical (unpaired) electrons. The summed E-state index contributed by atoms with van der Waals surface area (Å²) in [4.78, 5) is 18.8. The number of rotatable bonds is 7. The molecular formula is C21H23N3O2. The highest BCUT2D eigenvalue weighted by atomic mass is 16.5. The highest BCUT2D eigenvalue weighted by Gasteiger charge is 2.08. The number of benzene rings is 2. The number of carbonyl (C=O) groups is 1. The molecule has 2 aromatic carbocycles. The Labute approximate surface area is 153 Å². The van der Waals surface area contributed by atoms with E-state index >= 15 is 0 Å². The van der Waals surface area contributed by atoms with Crippen molar-refractivity contribution in [3.8, 4) is 5.75 Å². The van der Waals surface area contributed by atoms with Gasteiger partial charge in [-0.25, -0.2) is 0 Å². The molecule has 0 spiro atoms. The number of pyridine rings is 1. The Kier molecular flexibility index (Phi) is 5.69. The number of aromatic nitrogens is 1. The van der Waals surface area contributed by atoms with Gasteiger partial charge in [0.2, 0.25) is 0 Å². The first-order valence-corrected chi connectivity index (χ1v) is 8.82.